The van der Waals surface area contributed by atoms with Crippen molar-refractivity contribution >= 4 is 17.5 Å². The summed E-state index contributed by atoms with van der Waals surface area (Å²) >= 11 is 5.81. The van der Waals surface area contributed by atoms with E-state index in [0.717, 1.165) is 0 Å². The molecule has 0 saturated carbocycles. The Morgan fingerprint density at radius 1 is 1.56 bits per heavy atom. The van der Waals surface area contributed by atoms with Gasteiger partial charge in [0, 0.05) is 17.7 Å². The molecule has 2 N–H and O–H groups in total. The number of benzene rings is 1. The maximum atomic E-state index is 11.5. The molecule has 1 aromatic carbocycles. The number of hydrogen-bond acceptors (Lipinski definition) is 3. The van der Waals surface area contributed by atoms with Crippen LogP contribution in [0.2, 0.25) is 5.02 Å². The average molecular weight is 272 g/mol. The van der Waals surface area contributed by atoms with Crippen LogP contribution in [0.25, 0.3) is 0 Å². The van der Waals surface area contributed by atoms with Crippen molar-refractivity contribution in [1.82, 2.24) is 5.32 Å². The van der Waals surface area contributed by atoms with Crippen LogP contribution in [0.1, 0.15) is 19.8 Å². The molecule has 0 bridgehead atoms. The van der Waals surface area contributed by atoms with E-state index in [1.54, 1.807) is 24.3 Å². The van der Waals surface area contributed by atoms with Gasteiger partial charge < -0.3 is 15.2 Å². The SMILES string of the molecule is CC(CCO)NC(=O)CCOc1cccc(Cl)c1. The molecular weight excluding hydrogens is 254 g/mol. The highest BCUT2D eigenvalue weighted by Gasteiger charge is 2.06. The van der Waals surface area contributed by atoms with Crippen LogP contribution in [0.3, 0.4) is 0 Å². The number of carbonyl (C=O) groups excluding carboxylic acids is 1. The fourth-order valence-electron chi connectivity index (χ4n) is 1.43. The lowest BCUT2D eigenvalue weighted by Gasteiger charge is -2.12. The van der Waals surface area contributed by atoms with E-state index < -0.39 is 0 Å². The molecule has 1 atom stereocenters. The van der Waals surface area contributed by atoms with Gasteiger partial charge >= 0.3 is 0 Å². The van der Waals surface area contributed by atoms with E-state index in [-0.39, 0.29) is 25.0 Å². The highest BCUT2D eigenvalue weighted by molar-refractivity contribution is 6.30. The van der Waals surface area contributed by atoms with Crippen molar-refractivity contribution in [2.75, 3.05) is 13.2 Å². The average Bonchev–Trinajstić information content (AvgIpc) is 2.29. The van der Waals surface area contributed by atoms with Crippen LogP contribution in [-0.4, -0.2) is 30.3 Å². The monoisotopic (exact) mass is 271 g/mol. The second-order valence-electron chi connectivity index (χ2n) is 4.04. The van der Waals surface area contributed by atoms with Gasteiger partial charge in [0.1, 0.15) is 5.75 Å². The van der Waals surface area contributed by atoms with E-state index in [9.17, 15) is 4.79 Å². The lowest BCUT2D eigenvalue weighted by Crippen LogP contribution is -2.33. The largest absolute Gasteiger partial charge is 0.493 e. The maximum Gasteiger partial charge on any atom is 0.223 e. The second kappa shape index (κ2) is 7.95. The minimum Gasteiger partial charge on any atom is -0.493 e. The molecule has 0 aromatic heterocycles. The number of carbonyl (C=O) groups is 1. The first kappa shape index (κ1) is 14.8. The van der Waals surface area contributed by atoms with Gasteiger partial charge in [-0.1, -0.05) is 17.7 Å². The number of aliphatic hydroxyl groups excluding tert-OH is 1. The van der Waals surface area contributed by atoms with Crippen molar-refractivity contribution in [1.29, 1.82) is 0 Å². The van der Waals surface area contributed by atoms with Gasteiger partial charge in [-0.25, -0.2) is 0 Å². The number of nitrogens with one attached hydrogen (secondary N) is 1. The third-order valence-corrected chi connectivity index (χ3v) is 2.60. The maximum absolute atomic E-state index is 11.5. The summed E-state index contributed by atoms with van der Waals surface area (Å²) < 4.78 is 5.40. The Hall–Kier alpha value is -1.26. The Morgan fingerprint density at radius 3 is 3.00 bits per heavy atom. The van der Waals surface area contributed by atoms with Crippen molar-refractivity contribution in [3.8, 4) is 5.75 Å². The third-order valence-electron chi connectivity index (χ3n) is 2.36. The topological polar surface area (TPSA) is 58.6 Å². The summed E-state index contributed by atoms with van der Waals surface area (Å²) in [4.78, 5) is 11.5. The van der Waals surface area contributed by atoms with Gasteiger partial charge in [0.05, 0.1) is 13.0 Å². The third kappa shape index (κ3) is 5.89. The molecule has 0 spiro atoms. The first-order valence-electron chi connectivity index (χ1n) is 5.90. The second-order valence-corrected chi connectivity index (χ2v) is 4.47. The molecule has 0 fully saturated rings. The minimum atomic E-state index is -0.0852. The Kier molecular flexibility index (Phi) is 6.54. The molecule has 0 saturated heterocycles. The lowest BCUT2D eigenvalue weighted by atomic mass is 10.2. The molecule has 1 amide bonds. The molecule has 0 heterocycles. The fourth-order valence-corrected chi connectivity index (χ4v) is 1.61. The van der Waals surface area contributed by atoms with Crippen LogP contribution in [0.15, 0.2) is 24.3 Å². The zero-order chi connectivity index (χ0) is 13.4. The highest BCUT2D eigenvalue weighted by Crippen LogP contribution is 2.17. The Bertz CT molecular complexity index is 384. The fraction of sp³-hybridized carbons (Fsp3) is 0.462. The molecule has 18 heavy (non-hydrogen) atoms. The van der Waals surface area contributed by atoms with E-state index in [2.05, 4.69) is 5.32 Å². The summed E-state index contributed by atoms with van der Waals surface area (Å²) in [5, 5.41) is 12.1. The van der Waals surface area contributed by atoms with Crippen LogP contribution in [0, 0.1) is 0 Å². The van der Waals surface area contributed by atoms with Gasteiger partial charge in [0.25, 0.3) is 0 Å². The molecule has 0 aliphatic carbocycles. The van der Waals surface area contributed by atoms with E-state index in [1.807, 2.05) is 6.92 Å². The highest BCUT2D eigenvalue weighted by atomic mass is 35.5. The van der Waals surface area contributed by atoms with Gasteiger partial charge in [-0.2, -0.15) is 0 Å². The Labute approximate surface area is 112 Å². The Balaban J connectivity index is 2.23. The summed E-state index contributed by atoms with van der Waals surface area (Å²) in [7, 11) is 0. The number of rotatable bonds is 7. The first-order chi connectivity index (χ1) is 8.61. The molecule has 1 unspecified atom stereocenters. The summed E-state index contributed by atoms with van der Waals surface area (Å²) in [5.74, 6) is 0.566. The molecule has 1 rings (SSSR count). The van der Waals surface area contributed by atoms with Crippen LogP contribution in [0.4, 0.5) is 0 Å². The number of aliphatic hydroxyl groups is 1. The molecule has 4 nitrogen and oxygen atoms in total. The quantitative estimate of drug-likeness (QED) is 0.797. The first-order valence-corrected chi connectivity index (χ1v) is 6.28. The van der Waals surface area contributed by atoms with Crippen molar-refractivity contribution in [3.63, 3.8) is 0 Å². The predicted octanol–water partition coefficient (Wildman–Crippen LogP) is 2.00. The van der Waals surface area contributed by atoms with E-state index in [4.69, 9.17) is 21.4 Å². The number of ether oxygens (including phenoxy) is 1. The van der Waals surface area contributed by atoms with Crippen molar-refractivity contribution in [3.05, 3.63) is 29.3 Å². The molecule has 0 radical (unpaired) electrons. The summed E-state index contributed by atoms with van der Waals surface area (Å²) in [6, 6.07) is 7.03. The van der Waals surface area contributed by atoms with E-state index in [0.29, 0.717) is 23.8 Å². The molecule has 1 aromatic rings. The summed E-state index contributed by atoms with van der Waals surface area (Å²) in [5.41, 5.74) is 0. The predicted molar refractivity (Wildman–Crippen MR) is 70.9 cm³/mol. The van der Waals surface area contributed by atoms with Crippen LogP contribution in [0.5, 0.6) is 5.75 Å². The summed E-state index contributed by atoms with van der Waals surface area (Å²) in [6.07, 6.45) is 0.836. The standard InChI is InChI=1S/C13H18ClNO3/c1-10(5-7-16)15-13(17)6-8-18-12-4-2-3-11(14)9-12/h2-4,9-10,16H,5-8H2,1H3,(H,15,17). The zero-order valence-corrected chi connectivity index (χ0v) is 11.1. The number of halogens is 1. The van der Waals surface area contributed by atoms with Gasteiger partial charge in [-0.15, -0.1) is 0 Å². The smallest absolute Gasteiger partial charge is 0.223 e. The minimum absolute atomic E-state index is 0.0198. The van der Waals surface area contributed by atoms with E-state index in [1.165, 1.54) is 0 Å². The molecule has 100 valence electrons. The normalized spacial score (nSPS) is 11.9. The Morgan fingerprint density at radius 2 is 2.33 bits per heavy atom. The van der Waals surface area contributed by atoms with Crippen LogP contribution < -0.4 is 10.1 Å². The van der Waals surface area contributed by atoms with Crippen molar-refractivity contribution < 1.29 is 14.6 Å². The van der Waals surface area contributed by atoms with Crippen LogP contribution >= 0.6 is 11.6 Å². The molecular formula is C13H18ClNO3. The number of amides is 1. The van der Waals surface area contributed by atoms with Gasteiger partial charge in [-0.05, 0) is 31.5 Å². The van der Waals surface area contributed by atoms with Crippen LogP contribution in [-0.2, 0) is 4.79 Å². The number of hydrogen-bond donors (Lipinski definition) is 2. The molecule has 0 aliphatic rings. The van der Waals surface area contributed by atoms with E-state index >= 15 is 0 Å². The summed E-state index contributed by atoms with van der Waals surface area (Å²) in [6.45, 7) is 2.23. The molecule has 0 aliphatic heterocycles. The van der Waals surface area contributed by atoms with Gasteiger partial charge in [0.2, 0.25) is 5.91 Å². The van der Waals surface area contributed by atoms with Gasteiger partial charge in [0.15, 0.2) is 0 Å². The van der Waals surface area contributed by atoms with Gasteiger partial charge in [-0.3, -0.25) is 4.79 Å². The van der Waals surface area contributed by atoms with Crippen molar-refractivity contribution in [2.24, 2.45) is 0 Å². The van der Waals surface area contributed by atoms with Crippen molar-refractivity contribution in [2.45, 2.75) is 25.8 Å². The lowest BCUT2D eigenvalue weighted by molar-refractivity contribution is -0.122. The zero-order valence-electron chi connectivity index (χ0n) is 10.4. The molecule has 5 heteroatoms.